The first-order valence-corrected chi connectivity index (χ1v) is 9.41. The second-order valence-electron chi connectivity index (χ2n) is 6.62. The van der Waals surface area contributed by atoms with Crippen LogP contribution in [-0.2, 0) is 4.79 Å². The molecule has 0 unspecified atom stereocenters. The molecule has 0 bridgehead atoms. The quantitative estimate of drug-likeness (QED) is 0.412. The van der Waals surface area contributed by atoms with E-state index in [9.17, 15) is 9.59 Å². The average Bonchev–Trinajstić information content (AvgIpc) is 2.71. The zero-order valence-corrected chi connectivity index (χ0v) is 15.7. The van der Waals surface area contributed by atoms with Gasteiger partial charge >= 0.3 is 0 Å². The molecule has 0 atom stereocenters. The molecule has 0 saturated carbocycles. The first-order chi connectivity index (χ1) is 13.6. The Labute approximate surface area is 164 Å². The lowest BCUT2D eigenvalue weighted by atomic mass is 10.1. The van der Waals surface area contributed by atoms with Crippen LogP contribution in [0.1, 0.15) is 36.0 Å². The second-order valence-corrected chi connectivity index (χ2v) is 6.62. The summed E-state index contributed by atoms with van der Waals surface area (Å²) in [6, 6.07) is 16.7. The van der Waals surface area contributed by atoms with Crippen LogP contribution in [-0.4, -0.2) is 23.3 Å². The Morgan fingerprint density at radius 1 is 0.964 bits per heavy atom. The molecule has 28 heavy (non-hydrogen) atoms. The van der Waals surface area contributed by atoms with Crippen LogP contribution >= 0.6 is 0 Å². The molecule has 6 nitrogen and oxygen atoms in total. The number of carbonyl (C=O) groups excluding carboxylic acids is 2. The van der Waals surface area contributed by atoms with Crippen LogP contribution in [0, 0.1) is 0 Å². The van der Waals surface area contributed by atoms with E-state index in [1.165, 1.54) is 0 Å². The van der Waals surface area contributed by atoms with E-state index in [0.29, 0.717) is 29.9 Å². The molecule has 4 N–H and O–H groups in total. The van der Waals surface area contributed by atoms with Crippen LogP contribution in [0.5, 0.6) is 0 Å². The van der Waals surface area contributed by atoms with E-state index < -0.39 is 0 Å². The van der Waals surface area contributed by atoms with Crippen molar-refractivity contribution in [1.29, 1.82) is 0 Å². The van der Waals surface area contributed by atoms with E-state index in [1.807, 2.05) is 42.5 Å². The number of aromatic nitrogens is 1. The maximum absolute atomic E-state index is 12.2. The number of nitrogens with two attached hydrogens (primary N) is 1. The van der Waals surface area contributed by atoms with Crippen molar-refractivity contribution in [2.75, 3.05) is 17.6 Å². The summed E-state index contributed by atoms with van der Waals surface area (Å²) < 4.78 is 0. The molecule has 0 aliphatic carbocycles. The third kappa shape index (κ3) is 5.30. The molecule has 6 heteroatoms. The van der Waals surface area contributed by atoms with Crippen molar-refractivity contribution in [2.45, 2.75) is 25.7 Å². The SMILES string of the molecule is Nc1ccccc1NC(=O)CCCCCNC(=O)c1cnc2ccccc2c1. The highest BCUT2D eigenvalue weighted by Crippen LogP contribution is 2.17. The van der Waals surface area contributed by atoms with Gasteiger partial charge in [-0.2, -0.15) is 0 Å². The monoisotopic (exact) mass is 376 g/mol. The number of anilines is 2. The van der Waals surface area contributed by atoms with Gasteiger partial charge in [0.1, 0.15) is 0 Å². The first kappa shape index (κ1) is 19.4. The van der Waals surface area contributed by atoms with Gasteiger partial charge in [-0.25, -0.2) is 0 Å². The van der Waals surface area contributed by atoms with Crippen LogP contribution < -0.4 is 16.4 Å². The first-order valence-electron chi connectivity index (χ1n) is 9.41. The van der Waals surface area contributed by atoms with Gasteiger partial charge < -0.3 is 16.4 Å². The molecule has 0 spiro atoms. The molecule has 0 fully saturated rings. The molecule has 2 amide bonds. The predicted molar refractivity (Wildman–Crippen MR) is 112 cm³/mol. The maximum atomic E-state index is 12.2. The van der Waals surface area contributed by atoms with Crippen molar-refractivity contribution in [3.05, 3.63) is 66.4 Å². The highest BCUT2D eigenvalue weighted by molar-refractivity contribution is 5.97. The number of nitrogens with zero attached hydrogens (tertiary/aromatic N) is 1. The van der Waals surface area contributed by atoms with Crippen molar-refractivity contribution >= 4 is 34.1 Å². The van der Waals surface area contributed by atoms with Crippen LogP contribution in [0.25, 0.3) is 10.9 Å². The number of para-hydroxylation sites is 3. The third-order valence-corrected chi connectivity index (χ3v) is 4.45. The molecule has 2 aromatic carbocycles. The minimum absolute atomic E-state index is 0.0517. The van der Waals surface area contributed by atoms with E-state index in [-0.39, 0.29) is 11.8 Å². The van der Waals surface area contributed by atoms with E-state index in [1.54, 1.807) is 18.3 Å². The second kappa shape index (κ2) is 9.50. The van der Waals surface area contributed by atoms with Crippen molar-refractivity contribution in [3.63, 3.8) is 0 Å². The summed E-state index contributed by atoms with van der Waals surface area (Å²) in [6.07, 6.45) is 4.45. The predicted octanol–water partition coefficient (Wildman–Crippen LogP) is 3.75. The zero-order valence-electron chi connectivity index (χ0n) is 15.7. The fourth-order valence-electron chi connectivity index (χ4n) is 2.91. The summed E-state index contributed by atoms with van der Waals surface area (Å²) in [5.74, 6) is -0.181. The minimum atomic E-state index is -0.129. The number of nitrogen functional groups attached to an aromatic ring is 1. The summed E-state index contributed by atoms with van der Waals surface area (Å²) in [4.78, 5) is 28.5. The van der Waals surface area contributed by atoms with Crippen molar-refractivity contribution in [2.24, 2.45) is 0 Å². The summed E-state index contributed by atoms with van der Waals surface area (Å²) in [7, 11) is 0. The topological polar surface area (TPSA) is 97.1 Å². The number of rotatable bonds is 8. The van der Waals surface area contributed by atoms with Gasteiger partial charge in [0.2, 0.25) is 5.91 Å². The summed E-state index contributed by atoms with van der Waals surface area (Å²) >= 11 is 0. The van der Waals surface area contributed by atoms with E-state index in [4.69, 9.17) is 5.73 Å². The Morgan fingerprint density at radius 3 is 2.61 bits per heavy atom. The molecule has 0 aliphatic heterocycles. The van der Waals surface area contributed by atoms with Gasteiger partial charge in [-0.15, -0.1) is 0 Å². The minimum Gasteiger partial charge on any atom is -0.397 e. The van der Waals surface area contributed by atoms with Crippen molar-refractivity contribution in [3.8, 4) is 0 Å². The number of pyridine rings is 1. The average molecular weight is 376 g/mol. The van der Waals surface area contributed by atoms with E-state index in [0.717, 1.165) is 30.2 Å². The Bertz CT molecular complexity index is 971. The van der Waals surface area contributed by atoms with Gasteiger partial charge in [0.15, 0.2) is 0 Å². The number of amides is 2. The Balaban J connectivity index is 1.34. The lowest BCUT2D eigenvalue weighted by Crippen LogP contribution is -2.24. The van der Waals surface area contributed by atoms with Gasteiger partial charge in [0.25, 0.3) is 5.91 Å². The third-order valence-electron chi connectivity index (χ3n) is 4.45. The lowest BCUT2D eigenvalue weighted by Gasteiger charge is -2.08. The van der Waals surface area contributed by atoms with E-state index in [2.05, 4.69) is 15.6 Å². The molecule has 0 saturated heterocycles. The molecule has 1 aromatic heterocycles. The Morgan fingerprint density at radius 2 is 1.75 bits per heavy atom. The number of nitrogens with one attached hydrogen (secondary N) is 2. The highest BCUT2D eigenvalue weighted by Gasteiger charge is 2.07. The molecule has 144 valence electrons. The number of carbonyl (C=O) groups is 2. The summed E-state index contributed by atoms with van der Waals surface area (Å²) in [5.41, 5.74) is 8.43. The van der Waals surface area contributed by atoms with Crippen LogP contribution in [0.15, 0.2) is 60.8 Å². The Hall–Kier alpha value is -3.41. The fraction of sp³-hybridized carbons (Fsp3) is 0.227. The largest absolute Gasteiger partial charge is 0.397 e. The Kier molecular flexibility index (Phi) is 6.57. The van der Waals surface area contributed by atoms with Crippen LogP contribution in [0.2, 0.25) is 0 Å². The summed E-state index contributed by atoms with van der Waals surface area (Å²) in [6.45, 7) is 0.568. The van der Waals surface area contributed by atoms with Gasteiger partial charge in [-0.3, -0.25) is 14.6 Å². The van der Waals surface area contributed by atoms with Crippen molar-refractivity contribution in [1.82, 2.24) is 10.3 Å². The summed E-state index contributed by atoms with van der Waals surface area (Å²) in [5, 5.41) is 6.66. The number of hydrogen-bond donors (Lipinski definition) is 3. The molecular weight excluding hydrogens is 352 g/mol. The van der Waals surface area contributed by atoms with E-state index >= 15 is 0 Å². The standard InChI is InChI=1S/C22H24N4O2/c23-18-9-4-6-11-20(18)26-21(27)12-2-1-7-13-24-22(28)17-14-16-8-3-5-10-19(16)25-15-17/h3-6,8-11,14-15H,1-2,7,12-13,23H2,(H,24,28)(H,26,27). The molecule has 0 aliphatic rings. The smallest absolute Gasteiger partial charge is 0.252 e. The maximum Gasteiger partial charge on any atom is 0.252 e. The van der Waals surface area contributed by atoms with Gasteiger partial charge in [0.05, 0.1) is 22.5 Å². The molecule has 1 heterocycles. The van der Waals surface area contributed by atoms with Crippen LogP contribution in [0.4, 0.5) is 11.4 Å². The van der Waals surface area contributed by atoms with Crippen molar-refractivity contribution < 1.29 is 9.59 Å². The fourth-order valence-corrected chi connectivity index (χ4v) is 2.91. The number of unbranched alkanes of at least 4 members (excludes halogenated alkanes) is 2. The van der Waals surface area contributed by atoms with Gasteiger partial charge in [-0.05, 0) is 37.1 Å². The number of fused-ring (bicyclic) bond motifs is 1. The normalized spacial score (nSPS) is 10.6. The van der Waals surface area contributed by atoms with Crippen LogP contribution in [0.3, 0.4) is 0 Å². The molecule has 0 radical (unpaired) electrons. The molecule has 3 rings (SSSR count). The molecular formula is C22H24N4O2. The molecule has 3 aromatic rings. The highest BCUT2D eigenvalue weighted by atomic mass is 16.2. The number of hydrogen-bond acceptors (Lipinski definition) is 4. The number of benzene rings is 2. The van der Waals surface area contributed by atoms with Gasteiger partial charge in [0, 0.05) is 24.5 Å². The lowest BCUT2D eigenvalue weighted by molar-refractivity contribution is -0.116. The van der Waals surface area contributed by atoms with Gasteiger partial charge in [-0.1, -0.05) is 36.8 Å². The zero-order chi connectivity index (χ0) is 19.8.